The van der Waals surface area contributed by atoms with E-state index >= 15 is 0 Å². The molecule has 1 aliphatic rings. The minimum absolute atomic E-state index is 1.02. The van der Waals surface area contributed by atoms with Crippen LogP contribution in [0.5, 0.6) is 0 Å². The third-order valence-corrected chi connectivity index (χ3v) is 4.06. The van der Waals surface area contributed by atoms with Crippen molar-refractivity contribution in [1.29, 1.82) is 0 Å². The fourth-order valence-corrected chi connectivity index (χ4v) is 3.03. The maximum absolute atomic E-state index is 3.25. The molecule has 0 unspecified atom stereocenters. The van der Waals surface area contributed by atoms with Crippen LogP contribution in [0.15, 0.2) is 42.5 Å². The summed E-state index contributed by atoms with van der Waals surface area (Å²) in [5.41, 5.74) is 6.99. The van der Waals surface area contributed by atoms with Crippen LogP contribution in [-0.4, -0.2) is 20.1 Å². The van der Waals surface area contributed by atoms with Crippen LogP contribution in [0.4, 0.5) is 11.4 Å². The van der Waals surface area contributed by atoms with Gasteiger partial charge in [0, 0.05) is 17.9 Å². The molecule has 0 saturated carbocycles. The standard InChI is InChI=1S/C18H22N2/c1-14-7-8-18(16(13-14)9-11-19-2)20-12-10-15-5-3-4-6-17(15)20/h3-8,13,19H,9-12H2,1-2H3. The molecule has 3 rings (SSSR count). The molecule has 0 radical (unpaired) electrons. The fourth-order valence-electron chi connectivity index (χ4n) is 3.03. The second-order valence-corrected chi connectivity index (χ2v) is 5.52. The van der Waals surface area contributed by atoms with E-state index in [1.165, 1.54) is 28.1 Å². The number of likely N-dealkylation sites (N-methyl/N-ethyl adjacent to an activating group) is 1. The van der Waals surface area contributed by atoms with Crippen LogP contribution in [0.1, 0.15) is 16.7 Å². The highest BCUT2D eigenvalue weighted by Gasteiger charge is 2.21. The molecule has 0 fully saturated rings. The summed E-state index contributed by atoms with van der Waals surface area (Å²) < 4.78 is 0. The number of nitrogens with one attached hydrogen (secondary N) is 1. The molecule has 1 heterocycles. The van der Waals surface area contributed by atoms with Crippen LogP contribution < -0.4 is 10.2 Å². The van der Waals surface area contributed by atoms with Crippen molar-refractivity contribution >= 4 is 11.4 Å². The molecule has 0 aromatic heterocycles. The Hall–Kier alpha value is -1.80. The van der Waals surface area contributed by atoms with Crippen LogP contribution in [0.3, 0.4) is 0 Å². The molecule has 2 aromatic carbocycles. The van der Waals surface area contributed by atoms with E-state index < -0.39 is 0 Å². The van der Waals surface area contributed by atoms with Crippen molar-refractivity contribution in [2.45, 2.75) is 19.8 Å². The van der Waals surface area contributed by atoms with Gasteiger partial charge < -0.3 is 10.2 Å². The number of nitrogens with zero attached hydrogens (tertiary/aromatic N) is 1. The second kappa shape index (κ2) is 5.68. The van der Waals surface area contributed by atoms with E-state index in [9.17, 15) is 0 Å². The van der Waals surface area contributed by atoms with Crippen molar-refractivity contribution in [1.82, 2.24) is 5.32 Å². The predicted octanol–water partition coefficient (Wildman–Crippen LogP) is 3.45. The zero-order chi connectivity index (χ0) is 13.9. The molecule has 2 nitrogen and oxygen atoms in total. The Morgan fingerprint density at radius 2 is 1.95 bits per heavy atom. The van der Waals surface area contributed by atoms with Gasteiger partial charge in [0.05, 0.1) is 0 Å². The van der Waals surface area contributed by atoms with Gasteiger partial charge in [0.15, 0.2) is 0 Å². The van der Waals surface area contributed by atoms with Gasteiger partial charge in [-0.1, -0.05) is 35.9 Å². The second-order valence-electron chi connectivity index (χ2n) is 5.52. The maximum Gasteiger partial charge on any atom is 0.0444 e. The van der Waals surface area contributed by atoms with Gasteiger partial charge in [-0.25, -0.2) is 0 Å². The van der Waals surface area contributed by atoms with E-state index in [4.69, 9.17) is 0 Å². The van der Waals surface area contributed by atoms with Gasteiger partial charge in [-0.15, -0.1) is 0 Å². The molecule has 2 heteroatoms. The third kappa shape index (κ3) is 2.44. The predicted molar refractivity (Wildman–Crippen MR) is 86.0 cm³/mol. The monoisotopic (exact) mass is 266 g/mol. The summed E-state index contributed by atoms with van der Waals surface area (Å²) in [6.07, 6.45) is 2.22. The van der Waals surface area contributed by atoms with E-state index in [0.29, 0.717) is 0 Å². The number of aryl methyl sites for hydroxylation is 1. The Morgan fingerprint density at radius 1 is 1.10 bits per heavy atom. The fraction of sp³-hybridized carbons (Fsp3) is 0.333. The first-order valence-electron chi connectivity index (χ1n) is 7.39. The Labute approximate surface area is 121 Å². The van der Waals surface area contributed by atoms with Gasteiger partial charge in [-0.3, -0.25) is 0 Å². The number of hydrogen-bond donors (Lipinski definition) is 1. The highest BCUT2D eigenvalue weighted by molar-refractivity contribution is 5.72. The van der Waals surface area contributed by atoms with Gasteiger partial charge in [0.1, 0.15) is 0 Å². The van der Waals surface area contributed by atoms with Crippen molar-refractivity contribution in [3.05, 3.63) is 59.2 Å². The molecule has 0 aliphatic carbocycles. The Bertz CT molecular complexity index is 604. The summed E-state index contributed by atoms with van der Waals surface area (Å²) in [4.78, 5) is 2.47. The minimum Gasteiger partial charge on any atom is -0.341 e. The molecule has 0 spiro atoms. The maximum atomic E-state index is 3.25. The van der Waals surface area contributed by atoms with Gasteiger partial charge in [-0.2, -0.15) is 0 Å². The Morgan fingerprint density at radius 3 is 2.80 bits per heavy atom. The lowest BCUT2D eigenvalue weighted by molar-refractivity contribution is 0.789. The van der Waals surface area contributed by atoms with Crippen molar-refractivity contribution < 1.29 is 0 Å². The summed E-state index contributed by atoms with van der Waals surface area (Å²) in [5.74, 6) is 0. The van der Waals surface area contributed by atoms with Crippen molar-refractivity contribution in [3.63, 3.8) is 0 Å². The lowest BCUT2D eigenvalue weighted by Crippen LogP contribution is -2.17. The summed E-state index contributed by atoms with van der Waals surface area (Å²) in [5, 5.41) is 3.25. The van der Waals surface area contributed by atoms with E-state index in [1.807, 2.05) is 7.05 Å². The van der Waals surface area contributed by atoms with Crippen molar-refractivity contribution in [2.75, 3.05) is 25.0 Å². The number of hydrogen-bond acceptors (Lipinski definition) is 2. The highest BCUT2D eigenvalue weighted by atomic mass is 15.2. The van der Waals surface area contributed by atoms with Gasteiger partial charge >= 0.3 is 0 Å². The largest absolute Gasteiger partial charge is 0.341 e. The number of benzene rings is 2. The zero-order valence-electron chi connectivity index (χ0n) is 12.3. The third-order valence-electron chi connectivity index (χ3n) is 4.06. The van der Waals surface area contributed by atoms with E-state index in [1.54, 1.807) is 0 Å². The molecular weight excluding hydrogens is 244 g/mol. The summed E-state index contributed by atoms with van der Waals surface area (Å²) in [6.45, 7) is 4.28. The molecule has 2 aromatic rings. The van der Waals surface area contributed by atoms with Crippen LogP contribution in [0.2, 0.25) is 0 Å². The van der Waals surface area contributed by atoms with Gasteiger partial charge in [0.2, 0.25) is 0 Å². The summed E-state index contributed by atoms with van der Waals surface area (Å²) in [6, 6.07) is 15.6. The average Bonchev–Trinajstić information content (AvgIpc) is 2.89. The topological polar surface area (TPSA) is 15.3 Å². The van der Waals surface area contributed by atoms with E-state index in [0.717, 1.165) is 25.9 Å². The van der Waals surface area contributed by atoms with E-state index in [-0.39, 0.29) is 0 Å². The van der Waals surface area contributed by atoms with Crippen molar-refractivity contribution in [2.24, 2.45) is 0 Å². The average molecular weight is 266 g/mol. The normalized spacial score (nSPS) is 13.6. The first-order chi connectivity index (χ1) is 9.79. The molecule has 1 aliphatic heterocycles. The quantitative estimate of drug-likeness (QED) is 0.912. The summed E-state index contributed by atoms with van der Waals surface area (Å²) >= 11 is 0. The van der Waals surface area contributed by atoms with Crippen LogP contribution in [0, 0.1) is 6.92 Å². The number of fused-ring (bicyclic) bond motifs is 1. The highest BCUT2D eigenvalue weighted by Crippen LogP contribution is 2.36. The number of rotatable bonds is 4. The van der Waals surface area contributed by atoms with E-state index in [2.05, 4.69) is 59.6 Å². The molecular formula is C18H22N2. The zero-order valence-corrected chi connectivity index (χ0v) is 12.3. The van der Waals surface area contributed by atoms with Gasteiger partial charge in [-0.05, 0) is 56.6 Å². The molecule has 104 valence electrons. The van der Waals surface area contributed by atoms with Crippen molar-refractivity contribution in [3.8, 4) is 0 Å². The number of para-hydroxylation sites is 1. The SMILES string of the molecule is CNCCc1cc(C)ccc1N1CCc2ccccc21. The lowest BCUT2D eigenvalue weighted by Gasteiger charge is -2.23. The lowest BCUT2D eigenvalue weighted by atomic mass is 10.0. The first kappa shape index (κ1) is 13.2. The Kier molecular flexibility index (Phi) is 3.75. The molecule has 0 bridgehead atoms. The molecule has 0 atom stereocenters. The molecule has 0 amide bonds. The smallest absolute Gasteiger partial charge is 0.0444 e. The van der Waals surface area contributed by atoms with Crippen LogP contribution in [0.25, 0.3) is 0 Å². The van der Waals surface area contributed by atoms with Gasteiger partial charge in [0.25, 0.3) is 0 Å². The molecule has 0 saturated heterocycles. The first-order valence-corrected chi connectivity index (χ1v) is 7.39. The van der Waals surface area contributed by atoms with Crippen LogP contribution in [-0.2, 0) is 12.8 Å². The molecule has 20 heavy (non-hydrogen) atoms. The summed E-state index contributed by atoms with van der Waals surface area (Å²) in [7, 11) is 2.01. The molecule has 1 N–H and O–H groups in total. The number of anilines is 2. The van der Waals surface area contributed by atoms with Crippen LogP contribution >= 0.6 is 0 Å². The minimum atomic E-state index is 1.02. The Balaban J connectivity index is 1.98.